The molecular formula is C19H24N4O3. The van der Waals surface area contributed by atoms with Crippen molar-refractivity contribution in [2.24, 2.45) is 0 Å². The SMILES string of the molecule is CC[C@H](NC(=O)c1cc(C2CC2)[nH]n1)c1ccccc1OCC(=O)NC. The standard InChI is InChI=1S/C19H24N4O3/c1-3-14(13-6-4-5-7-17(13)26-11-18(24)20-2)21-19(25)16-10-15(22-23-16)12-8-9-12/h4-7,10,12,14H,3,8-9,11H2,1-2H3,(H,20,24)(H,21,25)(H,22,23)/t14-/m0/s1. The first-order chi connectivity index (χ1) is 12.6. The summed E-state index contributed by atoms with van der Waals surface area (Å²) in [5, 5.41) is 12.6. The highest BCUT2D eigenvalue weighted by Gasteiger charge is 2.27. The number of benzene rings is 1. The molecule has 0 unspecified atom stereocenters. The molecule has 0 saturated heterocycles. The van der Waals surface area contributed by atoms with Crippen LogP contribution in [0.1, 0.15) is 59.9 Å². The maximum Gasteiger partial charge on any atom is 0.272 e. The van der Waals surface area contributed by atoms with E-state index in [9.17, 15) is 9.59 Å². The molecule has 2 amide bonds. The first kappa shape index (κ1) is 18.0. The van der Waals surface area contributed by atoms with Gasteiger partial charge in [-0.15, -0.1) is 0 Å². The zero-order valence-electron chi connectivity index (χ0n) is 15.0. The van der Waals surface area contributed by atoms with Gasteiger partial charge in [0.1, 0.15) is 11.4 Å². The van der Waals surface area contributed by atoms with Crippen LogP contribution < -0.4 is 15.4 Å². The van der Waals surface area contributed by atoms with Crippen molar-refractivity contribution in [3.05, 3.63) is 47.3 Å². The monoisotopic (exact) mass is 356 g/mol. The lowest BCUT2D eigenvalue weighted by Crippen LogP contribution is -2.29. The number of ether oxygens (including phenoxy) is 1. The minimum atomic E-state index is -0.232. The highest BCUT2D eigenvalue weighted by molar-refractivity contribution is 5.92. The van der Waals surface area contributed by atoms with E-state index in [1.807, 2.05) is 31.2 Å². The van der Waals surface area contributed by atoms with Crippen molar-refractivity contribution in [1.82, 2.24) is 20.8 Å². The molecule has 7 nitrogen and oxygen atoms in total. The number of likely N-dealkylation sites (N-methyl/N-ethyl adjacent to an activating group) is 1. The summed E-state index contributed by atoms with van der Waals surface area (Å²) in [7, 11) is 1.56. The zero-order chi connectivity index (χ0) is 18.5. The Morgan fingerprint density at radius 3 is 2.81 bits per heavy atom. The minimum absolute atomic E-state index is 0.0675. The van der Waals surface area contributed by atoms with E-state index < -0.39 is 0 Å². The zero-order valence-corrected chi connectivity index (χ0v) is 15.0. The maximum absolute atomic E-state index is 12.6. The largest absolute Gasteiger partial charge is 0.483 e. The van der Waals surface area contributed by atoms with Gasteiger partial charge in [0, 0.05) is 24.2 Å². The number of amides is 2. The van der Waals surface area contributed by atoms with Gasteiger partial charge in [0.25, 0.3) is 11.8 Å². The van der Waals surface area contributed by atoms with Gasteiger partial charge in [0.15, 0.2) is 6.61 Å². The molecular weight excluding hydrogens is 332 g/mol. The number of hydrogen-bond acceptors (Lipinski definition) is 4. The van der Waals surface area contributed by atoms with Gasteiger partial charge < -0.3 is 15.4 Å². The Labute approximate surface area is 152 Å². The summed E-state index contributed by atoms with van der Waals surface area (Å²) in [5.41, 5.74) is 2.26. The summed E-state index contributed by atoms with van der Waals surface area (Å²) in [4.78, 5) is 24.0. The lowest BCUT2D eigenvalue weighted by atomic mass is 10.0. The number of carbonyl (C=O) groups excluding carboxylic acids is 2. The Hall–Kier alpha value is -2.83. The molecule has 7 heteroatoms. The fourth-order valence-electron chi connectivity index (χ4n) is 2.80. The number of para-hydroxylation sites is 1. The molecule has 138 valence electrons. The second-order valence-corrected chi connectivity index (χ2v) is 6.42. The van der Waals surface area contributed by atoms with Crippen LogP contribution in [0.4, 0.5) is 0 Å². The van der Waals surface area contributed by atoms with Crippen molar-refractivity contribution in [2.45, 2.75) is 38.1 Å². The number of hydrogen-bond donors (Lipinski definition) is 3. The third kappa shape index (κ3) is 4.22. The average molecular weight is 356 g/mol. The van der Waals surface area contributed by atoms with Gasteiger partial charge in [-0.05, 0) is 31.4 Å². The summed E-state index contributed by atoms with van der Waals surface area (Å²) >= 11 is 0. The Balaban J connectivity index is 1.71. The molecule has 1 heterocycles. The number of carbonyl (C=O) groups is 2. The summed E-state index contributed by atoms with van der Waals surface area (Å²) in [6.45, 7) is 1.92. The first-order valence-corrected chi connectivity index (χ1v) is 8.90. The van der Waals surface area contributed by atoms with Gasteiger partial charge in [0.05, 0.1) is 6.04 Å². The Morgan fingerprint density at radius 2 is 2.12 bits per heavy atom. The van der Waals surface area contributed by atoms with Crippen LogP contribution in [0.2, 0.25) is 0 Å². The molecule has 3 N–H and O–H groups in total. The molecule has 3 rings (SSSR count). The fourth-order valence-corrected chi connectivity index (χ4v) is 2.80. The number of rotatable bonds is 8. The van der Waals surface area contributed by atoms with Gasteiger partial charge >= 0.3 is 0 Å². The smallest absolute Gasteiger partial charge is 0.272 e. The van der Waals surface area contributed by atoms with E-state index in [0.717, 1.165) is 24.1 Å². The molecule has 1 saturated carbocycles. The van der Waals surface area contributed by atoms with Crippen LogP contribution in [-0.2, 0) is 4.79 Å². The highest BCUT2D eigenvalue weighted by atomic mass is 16.5. The first-order valence-electron chi connectivity index (χ1n) is 8.90. The Bertz CT molecular complexity index is 783. The van der Waals surface area contributed by atoms with Crippen LogP contribution in [0.5, 0.6) is 5.75 Å². The molecule has 0 aliphatic heterocycles. The highest BCUT2D eigenvalue weighted by Crippen LogP contribution is 2.39. The van der Waals surface area contributed by atoms with Gasteiger partial charge in [0.2, 0.25) is 0 Å². The van der Waals surface area contributed by atoms with Gasteiger partial charge in [-0.3, -0.25) is 14.7 Å². The van der Waals surface area contributed by atoms with E-state index in [1.165, 1.54) is 0 Å². The Kier molecular flexibility index (Phi) is 5.55. The van der Waals surface area contributed by atoms with Gasteiger partial charge in [-0.25, -0.2) is 0 Å². The van der Waals surface area contributed by atoms with E-state index >= 15 is 0 Å². The van der Waals surface area contributed by atoms with E-state index in [0.29, 0.717) is 23.8 Å². The molecule has 0 spiro atoms. The third-order valence-corrected chi connectivity index (χ3v) is 4.49. The van der Waals surface area contributed by atoms with Gasteiger partial charge in [-0.2, -0.15) is 5.10 Å². The van der Waals surface area contributed by atoms with Crippen molar-refractivity contribution in [3.63, 3.8) is 0 Å². The molecule has 0 bridgehead atoms. The minimum Gasteiger partial charge on any atom is -0.483 e. The van der Waals surface area contributed by atoms with Crippen LogP contribution in [0.25, 0.3) is 0 Å². The lowest BCUT2D eigenvalue weighted by molar-refractivity contribution is -0.122. The molecule has 1 aliphatic carbocycles. The predicted molar refractivity (Wildman–Crippen MR) is 97.1 cm³/mol. The maximum atomic E-state index is 12.6. The fraction of sp³-hybridized carbons (Fsp3) is 0.421. The molecule has 1 aromatic carbocycles. The summed E-state index contributed by atoms with van der Waals surface area (Å²) in [6.07, 6.45) is 2.99. The van der Waals surface area contributed by atoms with Crippen LogP contribution in [0.15, 0.2) is 30.3 Å². The van der Waals surface area contributed by atoms with E-state index in [-0.39, 0.29) is 24.5 Å². The van der Waals surface area contributed by atoms with E-state index in [2.05, 4.69) is 20.8 Å². The third-order valence-electron chi connectivity index (χ3n) is 4.49. The van der Waals surface area contributed by atoms with Crippen LogP contribution in [0.3, 0.4) is 0 Å². The summed E-state index contributed by atoms with van der Waals surface area (Å²) in [6, 6.07) is 9.02. The van der Waals surface area contributed by atoms with Gasteiger partial charge in [-0.1, -0.05) is 25.1 Å². The van der Waals surface area contributed by atoms with Crippen molar-refractivity contribution in [3.8, 4) is 5.75 Å². The molecule has 0 radical (unpaired) electrons. The second-order valence-electron chi connectivity index (χ2n) is 6.42. The van der Waals surface area contributed by atoms with Crippen LogP contribution >= 0.6 is 0 Å². The van der Waals surface area contributed by atoms with E-state index in [1.54, 1.807) is 13.1 Å². The van der Waals surface area contributed by atoms with Crippen molar-refractivity contribution < 1.29 is 14.3 Å². The Morgan fingerprint density at radius 1 is 1.35 bits per heavy atom. The number of nitrogens with zero attached hydrogens (tertiary/aromatic N) is 1. The number of aromatic amines is 1. The number of nitrogens with one attached hydrogen (secondary N) is 3. The quantitative estimate of drug-likeness (QED) is 0.676. The van der Waals surface area contributed by atoms with Crippen LogP contribution in [-0.4, -0.2) is 35.7 Å². The molecule has 1 fully saturated rings. The summed E-state index contributed by atoms with van der Waals surface area (Å²) < 4.78 is 5.62. The molecule has 26 heavy (non-hydrogen) atoms. The second kappa shape index (κ2) is 8.03. The van der Waals surface area contributed by atoms with Crippen molar-refractivity contribution >= 4 is 11.8 Å². The van der Waals surface area contributed by atoms with E-state index in [4.69, 9.17) is 4.74 Å². The average Bonchev–Trinajstić information content (AvgIpc) is 3.40. The lowest BCUT2D eigenvalue weighted by Gasteiger charge is -2.20. The molecule has 2 aromatic rings. The number of aromatic nitrogens is 2. The normalized spacial score (nSPS) is 14.5. The number of H-pyrrole nitrogens is 1. The molecule has 1 aliphatic rings. The van der Waals surface area contributed by atoms with Crippen LogP contribution in [0, 0.1) is 0 Å². The van der Waals surface area contributed by atoms with Crippen molar-refractivity contribution in [1.29, 1.82) is 0 Å². The predicted octanol–water partition coefficient (Wildman–Crippen LogP) is 2.29. The molecule has 1 atom stereocenters. The topological polar surface area (TPSA) is 96.1 Å². The molecule has 1 aromatic heterocycles. The van der Waals surface area contributed by atoms with Crippen molar-refractivity contribution in [2.75, 3.05) is 13.7 Å². The summed E-state index contributed by atoms with van der Waals surface area (Å²) in [5.74, 6) is 0.677.